The van der Waals surface area contributed by atoms with Gasteiger partial charge in [-0.25, -0.2) is 4.79 Å². The van der Waals surface area contributed by atoms with Gasteiger partial charge in [0.15, 0.2) is 5.75 Å². The lowest BCUT2D eigenvalue weighted by atomic mass is 10.1. The maximum Gasteiger partial charge on any atom is 0.387 e. The number of alkyl halides is 2. The van der Waals surface area contributed by atoms with Gasteiger partial charge >= 0.3 is 12.6 Å². The number of anilines is 1. The Balaban J connectivity index is 1.48. The number of rotatable bonds is 9. The van der Waals surface area contributed by atoms with E-state index >= 15 is 0 Å². The zero-order valence-electron chi connectivity index (χ0n) is 16.1. The average molecular weight is 408 g/mol. The predicted octanol–water partition coefficient (Wildman–Crippen LogP) is 3.19. The topological polar surface area (TPSA) is 86.7 Å². The molecular formula is C20H26F2N4O3. The number of ether oxygens (including phenoxy) is 1. The summed E-state index contributed by atoms with van der Waals surface area (Å²) in [5.41, 5.74) is 0.727. The fourth-order valence-corrected chi connectivity index (χ4v) is 3.65. The summed E-state index contributed by atoms with van der Waals surface area (Å²) in [5, 5.41) is 15.4. The van der Waals surface area contributed by atoms with Crippen LogP contribution in [0.1, 0.15) is 25.7 Å². The number of urea groups is 1. The van der Waals surface area contributed by atoms with Crippen molar-refractivity contribution in [2.45, 2.75) is 38.3 Å². The number of likely N-dealkylation sites (tertiary alicyclic amines) is 1. The number of aliphatic hydroxyl groups is 1. The number of fused-ring (bicyclic) bond motifs is 1. The molecule has 0 radical (unpaired) electrons. The van der Waals surface area contributed by atoms with Gasteiger partial charge in [-0.15, -0.1) is 0 Å². The second-order valence-corrected chi connectivity index (χ2v) is 6.99. The molecule has 3 N–H and O–H groups in total. The van der Waals surface area contributed by atoms with Crippen molar-refractivity contribution >= 4 is 22.6 Å². The Morgan fingerprint density at radius 3 is 3.00 bits per heavy atom. The first-order valence-electron chi connectivity index (χ1n) is 9.81. The highest BCUT2D eigenvalue weighted by molar-refractivity contribution is 6.02. The smallest absolute Gasteiger partial charge is 0.387 e. The van der Waals surface area contributed by atoms with Crippen molar-refractivity contribution in [1.29, 1.82) is 0 Å². The molecule has 1 aliphatic rings. The van der Waals surface area contributed by atoms with Gasteiger partial charge in [-0.3, -0.25) is 9.88 Å². The summed E-state index contributed by atoms with van der Waals surface area (Å²) >= 11 is 0. The molecule has 1 aromatic carbocycles. The van der Waals surface area contributed by atoms with E-state index in [-0.39, 0.29) is 29.9 Å². The zero-order valence-corrected chi connectivity index (χ0v) is 16.1. The predicted molar refractivity (Wildman–Crippen MR) is 106 cm³/mol. The summed E-state index contributed by atoms with van der Waals surface area (Å²) in [7, 11) is 0. The molecule has 2 amide bonds. The second kappa shape index (κ2) is 10.3. The molecule has 29 heavy (non-hydrogen) atoms. The van der Waals surface area contributed by atoms with Gasteiger partial charge in [0.25, 0.3) is 0 Å². The van der Waals surface area contributed by atoms with E-state index < -0.39 is 6.61 Å². The summed E-state index contributed by atoms with van der Waals surface area (Å²) < 4.78 is 29.6. The quantitative estimate of drug-likeness (QED) is 0.555. The van der Waals surface area contributed by atoms with E-state index in [9.17, 15) is 18.7 Å². The molecule has 1 unspecified atom stereocenters. The Labute approximate surface area is 168 Å². The van der Waals surface area contributed by atoms with Gasteiger partial charge in [-0.2, -0.15) is 8.78 Å². The molecule has 1 fully saturated rings. The SMILES string of the molecule is O=C(NCCCCN1CCCC1CO)Nc1ccc(OC(F)F)c2ncccc12. The van der Waals surface area contributed by atoms with Crippen molar-refractivity contribution < 1.29 is 23.4 Å². The number of aliphatic hydroxyl groups excluding tert-OH is 1. The average Bonchev–Trinajstić information content (AvgIpc) is 3.17. The Kier molecular flexibility index (Phi) is 7.54. The molecule has 1 atom stereocenters. The highest BCUT2D eigenvalue weighted by Crippen LogP contribution is 2.30. The summed E-state index contributed by atoms with van der Waals surface area (Å²) in [6, 6.07) is 6.13. The molecule has 2 heterocycles. The molecule has 3 rings (SSSR count). The summed E-state index contributed by atoms with van der Waals surface area (Å²) in [4.78, 5) is 18.6. The van der Waals surface area contributed by atoms with Crippen LogP contribution in [0.3, 0.4) is 0 Å². The standard InChI is InChI=1S/C20H26F2N4O3/c21-19(22)29-17-8-7-16(15-6-3-10-23-18(15)17)25-20(28)24-9-1-2-11-26-12-4-5-14(26)13-27/h3,6-8,10,14,19,27H,1-2,4-5,9,11-13H2,(H2,24,25,28). The van der Waals surface area contributed by atoms with Gasteiger partial charge in [0.05, 0.1) is 12.3 Å². The van der Waals surface area contributed by atoms with Crippen LogP contribution in [0, 0.1) is 0 Å². The molecular weight excluding hydrogens is 382 g/mol. The van der Waals surface area contributed by atoms with Crippen LogP contribution in [0.4, 0.5) is 19.3 Å². The molecule has 0 bridgehead atoms. The van der Waals surface area contributed by atoms with E-state index in [4.69, 9.17) is 0 Å². The summed E-state index contributed by atoms with van der Waals surface area (Å²) in [6.07, 6.45) is 5.40. The zero-order chi connectivity index (χ0) is 20.6. The van der Waals surface area contributed by atoms with Crippen molar-refractivity contribution in [2.24, 2.45) is 0 Å². The number of carbonyl (C=O) groups excluding carboxylic acids is 1. The minimum absolute atomic E-state index is 0.0374. The molecule has 1 saturated heterocycles. The normalized spacial score (nSPS) is 17.0. The van der Waals surface area contributed by atoms with Crippen LogP contribution in [-0.4, -0.2) is 59.9 Å². The minimum atomic E-state index is -2.95. The van der Waals surface area contributed by atoms with Crippen LogP contribution < -0.4 is 15.4 Å². The number of halogens is 2. The summed E-state index contributed by atoms with van der Waals surface area (Å²) in [5.74, 6) is -0.0374. The molecule has 1 aliphatic heterocycles. The number of pyridine rings is 1. The van der Waals surface area contributed by atoms with E-state index in [2.05, 4.69) is 25.3 Å². The molecule has 158 valence electrons. The van der Waals surface area contributed by atoms with Crippen molar-refractivity contribution in [3.8, 4) is 5.75 Å². The van der Waals surface area contributed by atoms with E-state index in [1.54, 1.807) is 12.1 Å². The fourth-order valence-electron chi connectivity index (χ4n) is 3.65. The van der Waals surface area contributed by atoms with Crippen LogP contribution >= 0.6 is 0 Å². The number of unbranched alkanes of at least 4 members (excludes halogenated alkanes) is 1. The molecule has 7 nitrogen and oxygen atoms in total. The van der Waals surface area contributed by atoms with Gasteiger partial charge in [-0.05, 0) is 63.0 Å². The first-order valence-corrected chi connectivity index (χ1v) is 9.81. The highest BCUT2D eigenvalue weighted by Gasteiger charge is 2.22. The number of benzene rings is 1. The number of hydrogen-bond acceptors (Lipinski definition) is 5. The van der Waals surface area contributed by atoms with Gasteiger partial charge in [0, 0.05) is 24.2 Å². The molecule has 0 saturated carbocycles. The van der Waals surface area contributed by atoms with Crippen molar-refractivity contribution in [2.75, 3.05) is 31.6 Å². The lowest BCUT2D eigenvalue weighted by Gasteiger charge is -2.22. The number of nitrogens with one attached hydrogen (secondary N) is 2. The molecule has 9 heteroatoms. The number of carbonyl (C=O) groups is 1. The Hall–Kier alpha value is -2.52. The maximum atomic E-state index is 12.6. The van der Waals surface area contributed by atoms with Crippen LogP contribution in [0.15, 0.2) is 30.5 Å². The number of aromatic nitrogens is 1. The van der Waals surface area contributed by atoms with Gasteiger partial charge < -0.3 is 20.5 Å². The lowest BCUT2D eigenvalue weighted by Crippen LogP contribution is -2.34. The number of hydrogen-bond donors (Lipinski definition) is 3. The van der Waals surface area contributed by atoms with Crippen LogP contribution in [-0.2, 0) is 0 Å². The third kappa shape index (κ3) is 5.74. The molecule has 0 spiro atoms. The van der Waals surface area contributed by atoms with Crippen LogP contribution in [0.2, 0.25) is 0 Å². The summed E-state index contributed by atoms with van der Waals surface area (Å²) in [6.45, 7) is -0.297. The Morgan fingerprint density at radius 1 is 1.34 bits per heavy atom. The monoisotopic (exact) mass is 408 g/mol. The van der Waals surface area contributed by atoms with E-state index in [1.165, 1.54) is 18.3 Å². The Bertz CT molecular complexity index is 821. The third-order valence-corrected chi connectivity index (χ3v) is 5.06. The first-order chi connectivity index (χ1) is 14.1. The largest absolute Gasteiger partial charge is 0.432 e. The lowest BCUT2D eigenvalue weighted by molar-refractivity contribution is -0.0489. The van der Waals surface area contributed by atoms with Crippen LogP contribution in [0.5, 0.6) is 5.75 Å². The van der Waals surface area contributed by atoms with Crippen LogP contribution in [0.25, 0.3) is 10.9 Å². The van der Waals surface area contributed by atoms with E-state index in [1.807, 2.05) is 0 Å². The fraction of sp³-hybridized carbons (Fsp3) is 0.500. The highest BCUT2D eigenvalue weighted by atomic mass is 19.3. The molecule has 1 aromatic heterocycles. The van der Waals surface area contributed by atoms with Crippen molar-refractivity contribution in [1.82, 2.24) is 15.2 Å². The van der Waals surface area contributed by atoms with Gasteiger partial charge in [-0.1, -0.05) is 0 Å². The Morgan fingerprint density at radius 2 is 2.21 bits per heavy atom. The van der Waals surface area contributed by atoms with Crippen molar-refractivity contribution in [3.05, 3.63) is 30.5 Å². The van der Waals surface area contributed by atoms with E-state index in [0.29, 0.717) is 17.6 Å². The van der Waals surface area contributed by atoms with Crippen molar-refractivity contribution in [3.63, 3.8) is 0 Å². The molecule has 0 aliphatic carbocycles. The maximum absolute atomic E-state index is 12.6. The van der Waals surface area contributed by atoms with E-state index in [0.717, 1.165) is 38.8 Å². The molecule has 2 aromatic rings. The van der Waals surface area contributed by atoms with Gasteiger partial charge in [0.1, 0.15) is 5.52 Å². The number of nitrogens with zero attached hydrogens (tertiary/aromatic N) is 2. The number of amides is 2. The third-order valence-electron chi connectivity index (χ3n) is 5.06. The second-order valence-electron chi connectivity index (χ2n) is 6.99. The van der Waals surface area contributed by atoms with Gasteiger partial charge in [0.2, 0.25) is 0 Å². The minimum Gasteiger partial charge on any atom is -0.432 e. The first kappa shape index (κ1) is 21.2.